The van der Waals surface area contributed by atoms with Crippen LogP contribution < -0.4 is 5.32 Å². The zero-order valence-electron chi connectivity index (χ0n) is 16.7. The molecule has 0 fully saturated rings. The van der Waals surface area contributed by atoms with Gasteiger partial charge < -0.3 is 10.4 Å². The molecule has 0 amide bonds. The van der Waals surface area contributed by atoms with Gasteiger partial charge in [0.2, 0.25) is 5.82 Å². The summed E-state index contributed by atoms with van der Waals surface area (Å²) in [5.74, 6) is -2.21. The molecule has 0 aliphatic heterocycles. The van der Waals surface area contributed by atoms with Crippen LogP contribution in [0.4, 0.5) is 37.8 Å². The molecule has 0 atom stereocenters. The topological polar surface area (TPSA) is 88.0 Å². The van der Waals surface area contributed by atoms with Gasteiger partial charge in [0.25, 0.3) is 0 Å². The van der Waals surface area contributed by atoms with Gasteiger partial charge in [0.1, 0.15) is 5.82 Å². The lowest BCUT2D eigenvalue weighted by atomic mass is 10.0. The standard InChI is InChI=1S/C22H12F6N4O2/c23-21(24,25)12-4-6-13(7-5-12)30-18-14-8-3-11(10-16(14)31-19(32-18)20(33)34)17-15(22(26,27)28)2-1-9-29-17/h1-10H,(H,33,34)(H,30,31,32). The molecule has 0 saturated heterocycles. The lowest BCUT2D eigenvalue weighted by molar-refractivity contribution is -0.138. The molecule has 0 aliphatic rings. The molecule has 174 valence electrons. The zero-order chi connectivity index (χ0) is 24.7. The number of nitrogens with zero attached hydrogens (tertiary/aromatic N) is 3. The summed E-state index contributed by atoms with van der Waals surface area (Å²) in [6, 6.07) is 9.89. The molecule has 12 heteroatoms. The summed E-state index contributed by atoms with van der Waals surface area (Å²) in [5, 5.41) is 12.3. The fourth-order valence-electron chi connectivity index (χ4n) is 3.21. The van der Waals surface area contributed by atoms with E-state index in [-0.39, 0.29) is 33.7 Å². The van der Waals surface area contributed by atoms with E-state index in [1.165, 1.54) is 24.4 Å². The number of carboxylic acids is 1. The number of hydrogen-bond acceptors (Lipinski definition) is 5. The maximum Gasteiger partial charge on any atom is 0.418 e. The number of fused-ring (bicyclic) bond motifs is 1. The van der Waals surface area contributed by atoms with E-state index in [9.17, 15) is 36.2 Å². The van der Waals surface area contributed by atoms with Crippen LogP contribution in [0.25, 0.3) is 22.2 Å². The monoisotopic (exact) mass is 478 g/mol. The van der Waals surface area contributed by atoms with Crippen LogP contribution in [0.3, 0.4) is 0 Å². The van der Waals surface area contributed by atoms with Crippen molar-refractivity contribution >= 4 is 28.4 Å². The van der Waals surface area contributed by atoms with E-state index in [2.05, 4.69) is 20.3 Å². The predicted octanol–water partition coefficient (Wildman–Crippen LogP) is 6.17. The smallest absolute Gasteiger partial charge is 0.418 e. The molecule has 34 heavy (non-hydrogen) atoms. The molecule has 0 saturated carbocycles. The molecule has 0 unspecified atom stereocenters. The molecule has 2 heterocycles. The highest BCUT2D eigenvalue weighted by atomic mass is 19.4. The first-order valence-electron chi connectivity index (χ1n) is 9.45. The molecular formula is C22H12F6N4O2. The predicted molar refractivity (Wildman–Crippen MR) is 109 cm³/mol. The van der Waals surface area contributed by atoms with Crippen LogP contribution in [0.1, 0.15) is 21.7 Å². The van der Waals surface area contributed by atoms with Gasteiger partial charge in [-0.15, -0.1) is 0 Å². The third-order valence-corrected chi connectivity index (χ3v) is 4.75. The first-order valence-corrected chi connectivity index (χ1v) is 9.45. The van der Waals surface area contributed by atoms with Gasteiger partial charge in [-0.1, -0.05) is 6.07 Å². The van der Waals surface area contributed by atoms with Crippen LogP contribution in [0.2, 0.25) is 0 Å². The van der Waals surface area contributed by atoms with Gasteiger partial charge in [-0.2, -0.15) is 26.3 Å². The van der Waals surface area contributed by atoms with E-state index in [4.69, 9.17) is 0 Å². The van der Waals surface area contributed by atoms with Crippen molar-refractivity contribution in [1.29, 1.82) is 0 Å². The minimum Gasteiger partial charge on any atom is -0.475 e. The van der Waals surface area contributed by atoms with Crippen molar-refractivity contribution in [2.24, 2.45) is 0 Å². The number of nitrogens with one attached hydrogen (secondary N) is 1. The van der Waals surface area contributed by atoms with Crippen molar-refractivity contribution in [3.8, 4) is 11.3 Å². The highest BCUT2D eigenvalue weighted by Gasteiger charge is 2.34. The van der Waals surface area contributed by atoms with E-state index in [1.54, 1.807) is 0 Å². The summed E-state index contributed by atoms with van der Waals surface area (Å²) in [6.07, 6.45) is -8.02. The van der Waals surface area contributed by atoms with Crippen LogP contribution in [0.5, 0.6) is 0 Å². The Morgan fingerprint density at radius 3 is 2.21 bits per heavy atom. The zero-order valence-corrected chi connectivity index (χ0v) is 16.7. The normalized spacial score (nSPS) is 12.1. The van der Waals surface area contributed by atoms with Crippen LogP contribution >= 0.6 is 0 Å². The number of hydrogen-bond donors (Lipinski definition) is 2. The minimum absolute atomic E-state index is 0.00177. The maximum absolute atomic E-state index is 13.4. The van der Waals surface area contributed by atoms with Gasteiger partial charge in [0.15, 0.2) is 0 Å². The Hall–Kier alpha value is -4.22. The maximum atomic E-state index is 13.4. The Bertz CT molecular complexity index is 1390. The molecule has 4 rings (SSSR count). The highest BCUT2D eigenvalue weighted by Crippen LogP contribution is 2.37. The third-order valence-electron chi connectivity index (χ3n) is 4.75. The summed E-state index contributed by atoms with van der Waals surface area (Å²) in [6.45, 7) is 0. The summed E-state index contributed by atoms with van der Waals surface area (Å²) >= 11 is 0. The molecule has 2 N–H and O–H groups in total. The van der Waals surface area contributed by atoms with Crippen molar-refractivity contribution in [1.82, 2.24) is 15.0 Å². The number of pyridine rings is 1. The number of aromatic nitrogens is 3. The van der Waals surface area contributed by atoms with Crippen molar-refractivity contribution in [3.63, 3.8) is 0 Å². The Balaban J connectivity index is 1.81. The van der Waals surface area contributed by atoms with Crippen molar-refractivity contribution in [2.45, 2.75) is 12.4 Å². The fourth-order valence-corrected chi connectivity index (χ4v) is 3.21. The van der Waals surface area contributed by atoms with E-state index in [0.717, 1.165) is 36.4 Å². The van der Waals surface area contributed by atoms with Gasteiger partial charge in [0, 0.05) is 22.8 Å². The van der Waals surface area contributed by atoms with E-state index < -0.39 is 35.3 Å². The number of rotatable bonds is 4. The number of carbonyl (C=O) groups is 1. The Labute approximate surface area is 186 Å². The lowest BCUT2D eigenvalue weighted by Crippen LogP contribution is -2.09. The van der Waals surface area contributed by atoms with E-state index in [0.29, 0.717) is 0 Å². The van der Waals surface area contributed by atoms with Gasteiger partial charge >= 0.3 is 18.3 Å². The molecule has 0 aliphatic carbocycles. The highest BCUT2D eigenvalue weighted by molar-refractivity contribution is 5.96. The number of benzene rings is 2. The quantitative estimate of drug-likeness (QED) is 0.341. The minimum atomic E-state index is -4.67. The number of alkyl halides is 6. The Morgan fingerprint density at radius 1 is 0.882 bits per heavy atom. The average molecular weight is 478 g/mol. The average Bonchev–Trinajstić information content (AvgIpc) is 2.77. The molecule has 0 radical (unpaired) electrons. The van der Waals surface area contributed by atoms with E-state index >= 15 is 0 Å². The van der Waals surface area contributed by atoms with Crippen LogP contribution in [-0.2, 0) is 12.4 Å². The van der Waals surface area contributed by atoms with Gasteiger partial charge in [-0.05, 0) is 48.5 Å². The summed E-state index contributed by atoms with van der Waals surface area (Å²) in [7, 11) is 0. The number of halogens is 6. The number of anilines is 2. The van der Waals surface area contributed by atoms with Crippen molar-refractivity contribution in [2.75, 3.05) is 5.32 Å². The van der Waals surface area contributed by atoms with Crippen LogP contribution in [0.15, 0.2) is 60.8 Å². The van der Waals surface area contributed by atoms with Gasteiger partial charge in [0.05, 0.1) is 22.3 Å². The van der Waals surface area contributed by atoms with Crippen LogP contribution in [0, 0.1) is 0 Å². The molecular weight excluding hydrogens is 466 g/mol. The first kappa shape index (κ1) is 23.0. The molecule has 4 aromatic rings. The lowest BCUT2D eigenvalue weighted by Gasteiger charge is -2.14. The summed E-state index contributed by atoms with van der Waals surface area (Å²) in [4.78, 5) is 23.1. The second-order valence-electron chi connectivity index (χ2n) is 7.03. The summed E-state index contributed by atoms with van der Waals surface area (Å²) < 4.78 is 78.6. The summed E-state index contributed by atoms with van der Waals surface area (Å²) in [5.41, 5.74) is -2.02. The van der Waals surface area contributed by atoms with E-state index in [1.807, 2.05) is 0 Å². The molecule has 6 nitrogen and oxygen atoms in total. The van der Waals surface area contributed by atoms with Gasteiger partial charge in [-0.3, -0.25) is 4.98 Å². The Kier molecular flexibility index (Phi) is 5.59. The number of carboxylic acid groups (broad SMARTS) is 1. The molecule has 2 aromatic carbocycles. The van der Waals surface area contributed by atoms with Gasteiger partial charge in [-0.25, -0.2) is 14.8 Å². The molecule has 0 bridgehead atoms. The molecule has 0 spiro atoms. The third kappa shape index (κ3) is 4.60. The second kappa shape index (κ2) is 8.28. The van der Waals surface area contributed by atoms with Crippen LogP contribution in [-0.4, -0.2) is 26.0 Å². The molecule has 2 aromatic heterocycles. The first-order chi connectivity index (χ1) is 15.9. The Morgan fingerprint density at radius 2 is 1.59 bits per heavy atom. The number of aromatic carboxylic acids is 1. The second-order valence-corrected chi connectivity index (χ2v) is 7.03. The largest absolute Gasteiger partial charge is 0.475 e. The SMILES string of the molecule is O=C(O)c1nc(Nc2ccc(C(F)(F)F)cc2)c2ccc(-c3ncccc3C(F)(F)F)cc2n1. The fraction of sp³-hybridized carbons (Fsp3) is 0.0909. The van der Waals surface area contributed by atoms with Crippen molar-refractivity contribution in [3.05, 3.63) is 77.7 Å². The van der Waals surface area contributed by atoms with Crippen molar-refractivity contribution < 1.29 is 36.2 Å².